The van der Waals surface area contributed by atoms with E-state index in [9.17, 15) is 4.79 Å². The maximum atomic E-state index is 11.3. The summed E-state index contributed by atoms with van der Waals surface area (Å²) in [5.41, 5.74) is 2.73. The first kappa shape index (κ1) is 10.9. The van der Waals surface area contributed by atoms with Gasteiger partial charge >= 0.3 is 0 Å². The summed E-state index contributed by atoms with van der Waals surface area (Å²) < 4.78 is 0. The Labute approximate surface area is 94.9 Å². The second kappa shape index (κ2) is 3.44. The topological polar surface area (TPSA) is 45.8 Å². The summed E-state index contributed by atoms with van der Waals surface area (Å²) in [7, 11) is 0. The molecule has 16 heavy (non-hydrogen) atoms. The molecule has 1 aromatic heterocycles. The van der Waals surface area contributed by atoms with Crippen LogP contribution >= 0.6 is 0 Å². The van der Waals surface area contributed by atoms with Crippen molar-refractivity contribution in [2.75, 3.05) is 0 Å². The highest BCUT2D eigenvalue weighted by atomic mass is 16.1. The highest BCUT2D eigenvalue weighted by molar-refractivity contribution is 5.98. The molecule has 2 rings (SSSR count). The van der Waals surface area contributed by atoms with Gasteiger partial charge in [-0.3, -0.25) is 9.89 Å². The molecule has 0 saturated heterocycles. The van der Waals surface area contributed by atoms with Gasteiger partial charge in [0.05, 0.1) is 5.52 Å². The first-order valence-corrected chi connectivity index (χ1v) is 5.39. The van der Waals surface area contributed by atoms with E-state index >= 15 is 0 Å². The van der Waals surface area contributed by atoms with Crippen LogP contribution < -0.4 is 0 Å². The summed E-state index contributed by atoms with van der Waals surface area (Å²) in [5, 5.41) is 8.35. The molecule has 0 unspecified atom stereocenters. The van der Waals surface area contributed by atoms with Crippen LogP contribution in [0.3, 0.4) is 0 Å². The molecule has 3 nitrogen and oxygen atoms in total. The number of H-pyrrole nitrogens is 1. The Bertz CT molecular complexity index is 547. The summed E-state index contributed by atoms with van der Waals surface area (Å²) in [6.45, 7) is 7.96. The van der Waals surface area contributed by atoms with Crippen molar-refractivity contribution in [1.82, 2.24) is 10.2 Å². The van der Waals surface area contributed by atoms with E-state index in [0.29, 0.717) is 0 Å². The molecule has 0 aliphatic heterocycles. The highest BCUT2D eigenvalue weighted by Gasteiger charge is 2.19. The van der Waals surface area contributed by atoms with Gasteiger partial charge in [-0.2, -0.15) is 5.10 Å². The number of nitrogens with zero attached hydrogens (tertiary/aromatic N) is 1. The molecular formula is C13H16N2O. The molecule has 2 aromatic rings. The van der Waals surface area contributed by atoms with Crippen molar-refractivity contribution >= 4 is 16.7 Å². The number of hydrogen-bond acceptors (Lipinski definition) is 2. The van der Waals surface area contributed by atoms with Crippen molar-refractivity contribution in [3.05, 3.63) is 29.5 Å². The van der Waals surface area contributed by atoms with Gasteiger partial charge in [0.2, 0.25) is 0 Å². The molecule has 0 fully saturated rings. The number of Topliss-reactive ketones (excluding diaryl/α,β-unsaturated/α-hetero) is 1. The Balaban J connectivity index is 2.70. The molecule has 0 bridgehead atoms. The number of fused-ring (bicyclic) bond motifs is 1. The van der Waals surface area contributed by atoms with Crippen LogP contribution in [0.25, 0.3) is 10.9 Å². The van der Waals surface area contributed by atoms with Crippen LogP contribution in [0.2, 0.25) is 0 Å². The summed E-state index contributed by atoms with van der Waals surface area (Å²) in [4.78, 5) is 11.3. The zero-order valence-electron chi connectivity index (χ0n) is 10.1. The summed E-state index contributed by atoms with van der Waals surface area (Å²) in [6, 6.07) is 5.62. The van der Waals surface area contributed by atoms with Crippen LogP contribution in [0.15, 0.2) is 18.2 Å². The van der Waals surface area contributed by atoms with Gasteiger partial charge in [-0.15, -0.1) is 0 Å². The molecule has 0 saturated carbocycles. The SMILES string of the molecule is CC(=O)c1ccc2n[nH]c(C(C)(C)C)c2c1. The third-order valence-corrected chi connectivity index (χ3v) is 2.71. The molecular weight excluding hydrogens is 200 g/mol. The van der Waals surface area contributed by atoms with Gasteiger partial charge in [0.1, 0.15) is 0 Å². The summed E-state index contributed by atoms with van der Waals surface area (Å²) in [6.07, 6.45) is 0. The second-order valence-electron chi connectivity index (χ2n) is 5.14. The van der Waals surface area contributed by atoms with Crippen LogP contribution in [-0.2, 0) is 5.41 Å². The minimum absolute atomic E-state index is 0.00413. The van der Waals surface area contributed by atoms with Crippen molar-refractivity contribution in [2.45, 2.75) is 33.1 Å². The van der Waals surface area contributed by atoms with E-state index in [0.717, 1.165) is 22.2 Å². The van der Waals surface area contributed by atoms with Crippen LogP contribution in [0, 0.1) is 0 Å². The van der Waals surface area contributed by atoms with E-state index in [-0.39, 0.29) is 11.2 Å². The maximum Gasteiger partial charge on any atom is 0.159 e. The Kier molecular flexibility index (Phi) is 2.34. The van der Waals surface area contributed by atoms with Crippen LogP contribution in [0.1, 0.15) is 43.7 Å². The second-order valence-corrected chi connectivity index (χ2v) is 5.14. The number of ketones is 1. The lowest BCUT2D eigenvalue weighted by molar-refractivity contribution is 0.101. The molecule has 0 atom stereocenters. The lowest BCUT2D eigenvalue weighted by atomic mass is 9.89. The quantitative estimate of drug-likeness (QED) is 0.744. The fraction of sp³-hybridized carbons (Fsp3) is 0.385. The summed E-state index contributed by atoms with van der Waals surface area (Å²) in [5.74, 6) is 0.0861. The van der Waals surface area contributed by atoms with Gasteiger partial charge in [0, 0.05) is 22.1 Å². The molecule has 1 aromatic carbocycles. The maximum absolute atomic E-state index is 11.3. The third-order valence-electron chi connectivity index (χ3n) is 2.71. The zero-order chi connectivity index (χ0) is 11.9. The lowest BCUT2D eigenvalue weighted by Crippen LogP contribution is -2.12. The average molecular weight is 216 g/mol. The molecule has 0 aliphatic rings. The smallest absolute Gasteiger partial charge is 0.159 e. The van der Waals surface area contributed by atoms with Crippen molar-refractivity contribution in [3.63, 3.8) is 0 Å². The Morgan fingerprint density at radius 2 is 2.00 bits per heavy atom. The average Bonchev–Trinajstić information content (AvgIpc) is 2.58. The van der Waals surface area contributed by atoms with Crippen molar-refractivity contribution in [1.29, 1.82) is 0 Å². The van der Waals surface area contributed by atoms with Gasteiger partial charge in [0.25, 0.3) is 0 Å². The van der Waals surface area contributed by atoms with E-state index in [1.54, 1.807) is 6.92 Å². The van der Waals surface area contributed by atoms with Gasteiger partial charge in [-0.1, -0.05) is 20.8 Å². The largest absolute Gasteiger partial charge is 0.295 e. The minimum Gasteiger partial charge on any atom is -0.295 e. The lowest BCUT2D eigenvalue weighted by Gasteiger charge is -2.16. The molecule has 1 heterocycles. The van der Waals surface area contributed by atoms with Crippen LogP contribution in [0.5, 0.6) is 0 Å². The molecule has 0 aliphatic carbocycles. The van der Waals surface area contributed by atoms with Gasteiger partial charge in [0.15, 0.2) is 5.78 Å². The molecule has 84 valence electrons. The Morgan fingerprint density at radius 3 is 2.56 bits per heavy atom. The fourth-order valence-corrected chi connectivity index (χ4v) is 1.80. The van der Waals surface area contributed by atoms with Gasteiger partial charge in [-0.25, -0.2) is 0 Å². The van der Waals surface area contributed by atoms with Crippen LogP contribution in [0.4, 0.5) is 0 Å². The number of hydrogen-bond donors (Lipinski definition) is 1. The monoisotopic (exact) mass is 216 g/mol. The molecule has 3 heteroatoms. The first-order valence-electron chi connectivity index (χ1n) is 5.39. The molecule has 0 radical (unpaired) electrons. The zero-order valence-corrected chi connectivity index (χ0v) is 10.1. The normalized spacial score (nSPS) is 12.0. The third kappa shape index (κ3) is 1.73. The standard InChI is InChI=1S/C13H16N2O/c1-8(16)9-5-6-11-10(7-9)12(15-14-11)13(2,3)4/h5-7H,1-4H3,(H,14,15). The van der Waals surface area contributed by atoms with E-state index in [1.165, 1.54) is 0 Å². The predicted molar refractivity (Wildman–Crippen MR) is 64.8 cm³/mol. The van der Waals surface area contributed by atoms with Crippen molar-refractivity contribution in [2.24, 2.45) is 0 Å². The van der Waals surface area contributed by atoms with Gasteiger partial charge < -0.3 is 0 Å². The number of carbonyl (C=O) groups is 1. The van der Waals surface area contributed by atoms with Crippen molar-refractivity contribution < 1.29 is 4.79 Å². The Morgan fingerprint density at radius 1 is 1.31 bits per heavy atom. The molecule has 1 N–H and O–H groups in total. The number of benzene rings is 1. The minimum atomic E-state index is 0.00413. The molecule has 0 spiro atoms. The van der Waals surface area contributed by atoms with Crippen molar-refractivity contribution in [3.8, 4) is 0 Å². The number of carbonyl (C=O) groups excluding carboxylic acids is 1. The Hall–Kier alpha value is -1.64. The predicted octanol–water partition coefficient (Wildman–Crippen LogP) is 3.06. The van der Waals surface area contributed by atoms with E-state index in [1.807, 2.05) is 18.2 Å². The van der Waals surface area contributed by atoms with Gasteiger partial charge in [-0.05, 0) is 25.1 Å². The highest BCUT2D eigenvalue weighted by Crippen LogP contribution is 2.28. The molecule has 0 amide bonds. The van der Waals surface area contributed by atoms with E-state index in [2.05, 4.69) is 31.0 Å². The number of nitrogens with one attached hydrogen (secondary N) is 1. The van der Waals surface area contributed by atoms with E-state index in [4.69, 9.17) is 0 Å². The van der Waals surface area contributed by atoms with E-state index < -0.39 is 0 Å². The fourth-order valence-electron chi connectivity index (χ4n) is 1.80. The number of rotatable bonds is 1. The first-order chi connectivity index (χ1) is 7.39. The number of aromatic amines is 1. The van der Waals surface area contributed by atoms with Crippen LogP contribution in [-0.4, -0.2) is 16.0 Å². The summed E-state index contributed by atoms with van der Waals surface area (Å²) >= 11 is 0. The number of aromatic nitrogens is 2.